The van der Waals surface area contributed by atoms with Crippen molar-refractivity contribution < 1.29 is 13.7 Å². The monoisotopic (exact) mass is 292 g/mol. The molecule has 2 unspecified atom stereocenters. The Hall–Kier alpha value is -2.28. The van der Waals surface area contributed by atoms with E-state index in [-0.39, 0.29) is 35.9 Å². The van der Waals surface area contributed by atoms with Crippen LogP contribution in [0.4, 0.5) is 10.1 Å². The van der Waals surface area contributed by atoms with E-state index in [2.05, 4.69) is 15.5 Å². The number of carbonyl (C=O) groups is 1. The van der Waals surface area contributed by atoms with Gasteiger partial charge in [-0.2, -0.15) is 4.98 Å². The fraction of sp³-hybridized carbons (Fsp3) is 0.357. The van der Waals surface area contributed by atoms with Crippen LogP contribution in [0.1, 0.15) is 31.5 Å². The number of nitrogens with two attached hydrogens (primary N) is 1. The summed E-state index contributed by atoms with van der Waals surface area (Å²) in [7, 11) is 0. The van der Waals surface area contributed by atoms with Crippen LogP contribution in [0.2, 0.25) is 0 Å². The third kappa shape index (κ3) is 4.09. The van der Waals surface area contributed by atoms with E-state index in [1.165, 1.54) is 24.3 Å². The largest absolute Gasteiger partial charge is 0.339 e. The zero-order valence-electron chi connectivity index (χ0n) is 11.8. The number of aromatic nitrogens is 2. The van der Waals surface area contributed by atoms with E-state index in [0.717, 1.165) is 0 Å². The number of rotatable bonds is 5. The Morgan fingerprint density at radius 1 is 1.38 bits per heavy atom. The molecule has 2 aromatic rings. The number of nitrogens with zero attached hydrogens (tertiary/aromatic N) is 2. The molecule has 0 aliphatic rings. The summed E-state index contributed by atoms with van der Waals surface area (Å²) in [5, 5.41) is 6.38. The molecule has 2 atom stereocenters. The van der Waals surface area contributed by atoms with Gasteiger partial charge in [-0.3, -0.25) is 4.79 Å². The first kappa shape index (κ1) is 15.1. The van der Waals surface area contributed by atoms with Crippen molar-refractivity contribution in [2.45, 2.75) is 32.2 Å². The van der Waals surface area contributed by atoms with Crippen molar-refractivity contribution >= 4 is 11.6 Å². The number of nitrogens with one attached hydrogen (secondary N) is 1. The Balaban J connectivity index is 1.95. The van der Waals surface area contributed by atoms with Crippen LogP contribution in [0.25, 0.3) is 0 Å². The van der Waals surface area contributed by atoms with Crippen LogP contribution >= 0.6 is 0 Å². The molecule has 3 N–H and O–H groups in total. The van der Waals surface area contributed by atoms with Crippen LogP contribution in [-0.2, 0) is 11.2 Å². The van der Waals surface area contributed by atoms with E-state index >= 15 is 0 Å². The molecule has 1 heterocycles. The second-order valence-corrected chi connectivity index (χ2v) is 4.93. The normalized spacial score (nSPS) is 13.7. The first-order valence-corrected chi connectivity index (χ1v) is 6.59. The average Bonchev–Trinajstić information content (AvgIpc) is 2.88. The number of benzene rings is 1. The smallest absolute Gasteiger partial charge is 0.232 e. The molecule has 0 aliphatic carbocycles. The second kappa shape index (κ2) is 6.45. The molecule has 6 nitrogen and oxygen atoms in total. The summed E-state index contributed by atoms with van der Waals surface area (Å²) in [6, 6.07) is 5.38. The quantitative estimate of drug-likeness (QED) is 0.877. The summed E-state index contributed by atoms with van der Waals surface area (Å²) in [6.45, 7) is 3.72. The van der Waals surface area contributed by atoms with Crippen LogP contribution in [-0.4, -0.2) is 22.1 Å². The summed E-state index contributed by atoms with van der Waals surface area (Å²) < 4.78 is 17.8. The van der Waals surface area contributed by atoms with Gasteiger partial charge in [0.1, 0.15) is 5.82 Å². The van der Waals surface area contributed by atoms with Crippen LogP contribution in [0.3, 0.4) is 0 Å². The first-order valence-electron chi connectivity index (χ1n) is 6.59. The Morgan fingerprint density at radius 2 is 2.05 bits per heavy atom. The molecule has 7 heteroatoms. The lowest BCUT2D eigenvalue weighted by atomic mass is 10.1. The van der Waals surface area contributed by atoms with E-state index in [1.54, 1.807) is 0 Å². The lowest BCUT2D eigenvalue weighted by Gasteiger charge is -2.09. The molecule has 112 valence electrons. The van der Waals surface area contributed by atoms with Gasteiger partial charge in [-0.1, -0.05) is 12.1 Å². The number of anilines is 1. The fourth-order valence-corrected chi connectivity index (χ4v) is 1.63. The number of hydrogen-bond acceptors (Lipinski definition) is 5. The number of halogens is 1. The van der Waals surface area contributed by atoms with Crippen molar-refractivity contribution in [2.75, 3.05) is 5.32 Å². The zero-order chi connectivity index (χ0) is 15.4. The fourth-order valence-electron chi connectivity index (χ4n) is 1.63. The Kier molecular flexibility index (Phi) is 4.64. The number of amides is 1. The van der Waals surface area contributed by atoms with Gasteiger partial charge in [0.05, 0.1) is 12.3 Å². The highest BCUT2D eigenvalue weighted by atomic mass is 19.1. The average molecular weight is 292 g/mol. The molecule has 0 saturated heterocycles. The van der Waals surface area contributed by atoms with Crippen molar-refractivity contribution in [3.63, 3.8) is 0 Å². The molecule has 0 aliphatic heterocycles. The van der Waals surface area contributed by atoms with Gasteiger partial charge in [-0.15, -0.1) is 0 Å². The zero-order valence-corrected chi connectivity index (χ0v) is 11.8. The van der Waals surface area contributed by atoms with Gasteiger partial charge in [-0.25, -0.2) is 4.39 Å². The minimum atomic E-state index is -0.360. The van der Waals surface area contributed by atoms with Gasteiger partial charge < -0.3 is 15.6 Å². The minimum absolute atomic E-state index is 0.0213. The molecule has 21 heavy (non-hydrogen) atoms. The summed E-state index contributed by atoms with van der Waals surface area (Å²) in [5.74, 6) is -0.0405. The maximum absolute atomic E-state index is 12.8. The molecular formula is C14H17FN4O2. The molecule has 1 amide bonds. The summed E-state index contributed by atoms with van der Waals surface area (Å²) in [5.41, 5.74) is 6.26. The Labute approximate surface area is 121 Å². The van der Waals surface area contributed by atoms with Gasteiger partial charge in [-0.05, 0) is 31.2 Å². The third-order valence-corrected chi connectivity index (χ3v) is 3.11. The van der Waals surface area contributed by atoms with Gasteiger partial charge >= 0.3 is 0 Å². The van der Waals surface area contributed by atoms with Crippen LogP contribution in [0.5, 0.6) is 0 Å². The third-order valence-electron chi connectivity index (χ3n) is 3.11. The van der Waals surface area contributed by atoms with Crippen molar-refractivity contribution in [3.05, 3.63) is 41.8 Å². The van der Waals surface area contributed by atoms with Crippen LogP contribution < -0.4 is 11.1 Å². The van der Waals surface area contributed by atoms with Gasteiger partial charge in [0.15, 0.2) is 5.82 Å². The predicted molar refractivity (Wildman–Crippen MR) is 75.1 cm³/mol. The summed E-state index contributed by atoms with van der Waals surface area (Å²) in [6.07, 6.45) is -0.0213. The van der Waals surface area contributed by atoms with E-state index < -0.39 is 0 Å². The van der Waals surface area contributed by atoms with Crippen molar-refractivity contribution in [2.24, 2.45) is 5.73 Å². The van der Waals surface area contributed by atoms with Gasteiger partial charge in [0.25, 0.3) is 0 Å². The second-order valence-electron chi connectivity index (χ2n) is 4.93. The SMILES string of the molecule is CC(N)C(C)c1nc(CC(=O)Nc2ccc(F)cc2)no1. The molecule has 2 rings (SSSR count). The maximum atomic E-state index is 12.8. The summed E-state index contributed by atoms with van der Waals surface area (Å²) in [4.78, 5) is 16.0. The van der Waals surface area contributed by atoms with Crippen LogP contribution in [0, 0.1) is 5.82 Å². The highest BCUT2D eigenvalue weighted by Gasteiger charge is 2.19. The van der Waals surface area contributed by atoms with Gasteiger partial charge in [0.2, 0.25) is 11.8 Å². The van der Waals surface area contributed by atoms with E-state index in [1.807, 2.05) is 13.8 Å². The van der Waals surface area contributed by atoms with E-state index in [4.69, 9.17) is 10.3 Å². The van der Waals surface area contributed by atoms with E-state index in [0.29, 0.717) is 11.6 Å². The molecule has 0 radical (unpaired) electrons. The molecule has 0 bridgehead atoms. The summed E-state index contributed by atoms with van der Waals surface area (Å²) >= 11 is 0. The molecular weight excluding hydrogens is 275 g/mol. The number of hydrogen-bond donors (Lipinski definition) is 2. The molecule has 0 saturated carbocycles. The predicted octanol–water partition coefficient (Wildman–Crippen LogP) is 1.84. The van der Waals surface area contributed by atoms with Gasteiger partial charge in [0, 0.05) is 11.7 Å². The standard InChI is InChI=1S/C14H17FN4O2/c1-8(9(2)16)14-18-12(19-21-14)7-13(20)17-11-5-3-10(15)4-6-11/h3-6,8-9H,7,16H2,1-2H3,(H,17,20). The highest BCUT2D eigenvalue weighted by Crippen LogP contribution is 2.16. The van der Waals surface area contributed by atoms with E-state index in [9.17, 15) is 9.18 Å². The first-order chi connectivity index (χ1) is 9.95. The molecule has 1 aromatic carbocycles. The Morgan fingerprint density at radius 3 is 2.67 bits per heavy atom. The molecule has 0 fully saturated rings. The molecule has 1 aromatic heterocycles. The maximum Gasteiger partial charge on any atom is 0.232 e. The lowest BCUT2D eigenvalue weighted by Crippen LogP contribution is -2.22. The molecule has 0 spiro atoms. The minimum Gasteiger partial charge on any atom is -0.339 e. The van der Waals surface area contributed by atoms with Crippen molar-refractivity contribution in [1.82, 2.24) is 10.1 Å². The number of carbonyl (C=O) groups excluding carboxylic acids is 1. The Bertz CT molecular complexity index is 610. The lowest BCUT2D eigenvalue weighted by molar-refractivity contribution is -0.115. The van der Waals surface area contributed by atoms with Crippen LogP contribution in [0.15, 0.2) is 28.8 Å². The topological polar surface area (TPSA) is 94.0 Å². The van der Waals surface area contributed by atoms with Crippen molar-refractivity contribution in [1.29, 1.82) is 0 Å². The highest BCUT2D eigenvalue weighted by molar-refractivity contribution is 5.91. The van der Waals surface area contributed by atoms with Crippen molar-refractivity contribution in [3.8, 4) is 0 Å².